The third-order valence-electron chi connectivity index (χ3n) is 5.57. The first-order valence-corrected chi connectivity index (χ1v) is 10.4. The molecule has 0 unspecified atom stereocenters. The van der Waals surface area contributed by atoms with Gasteiger partial charge >= 0.3 is 6.18 Å². The van der Waals surface area contributed by atoms with Crippen molar-refractivity contribution >= 4 is 27.8 Å². The van der Waals surface area contributed by atoms with Crippen LogP contribution in [0.2, 0.25) is 0 Å². The fourth-order valence-corrected chi connectivity index (χ4v) is 3.89. The minimum absolute atomic E-state index is 0.113. The van der Waals surface area contributed by atoms with E-state index in [0.29, 0.717) is 15.6 Å². The minimum Gasteiger partial charge on any atom is -0.619 e. The van der Waals surface area contributed by atoms with Gasteiger partial charge in [-0.25, -0.2) is 19.3 Å². The van der Waals surface area contributed by atoms with Crippen molar-refractivity contribution in [3.05, 3.63) is 89.5 Å². The first-order chi connectivity index (χ1) is 16.7. The molecule has 0 saturated carbocycles. The van der Waals surface area contributed by atoms with Gasteiger partial charge in [0.15, 0.2) is 24.3 Å². The number of hydrogen-bond acceptors (Lipinski definition) is 6. The lowest BCUT2D eigenvalue weighted by Crippen LogP contribution is -2.30. The Morgan fingerprint density at radius 1 is 1.03 bits per heavy atom. The SMILES string of the molecule is Cc1c(F)ccc2cc([C@@H](Nc3ncnc4cccnc34)C(F)(F)F)c(-c3ccc[n+]([O-])c3)nc12. The molecule has 0 bridgehead atoms. The lowest BCUT2D eigenvalue weighted by atomic mass is 9.97. The van der Waals surface area contributed by atoms with Gasteiger partial charge < -0.3 is 10.5 Å². The fourth-order valence-electron chi connectivity index (χ4n) is 3.89. The second kappa shape index (κ2) is 8.42. The molecule has 0 aliphatic rings. The summed E-state index contributed by atoms with van der Waals surface area (Å²) in [4.78, 5) is 16.5. The summed E-state index contributed by atoms with van der Waals surface area (Å²) >= 11 is 0. The number of aryl methyl sites for hydroxylation is 1. The van der Waals surface area contributed by atoms with Gasteiger partial charge in [0.05, 0.1) is 22.3 Å². The first-order valence-electron chi connectivity index (χ1n) is 10.4. The summed E-state index contributed by atoms with van der Waals surface area (Å²) in [6.07, 6.45) is 0.0853. The number of fused-ring (bicyclic) bond motifs is 2. The number of hydrogen-bond donors (Lipinski definition) is 1. The number of rotatable bonds is 4. The van der Waals surface area contributed by atoms with Gasteiger partial charge in [0.1, 0.15) is 17.7 Å². The zero-order valence-corrected chi connectivity index (χ0v) is 18.1. The van der Waals surface area contributed by atoms with E-state index in [-0.39, 0.29) is 39.2 Å². The molecule has 0 aliphatic heterocycles. The number of pyridine rings is 3. The van der Waals surface area contributed by atoms with E-state index in [4.69, 9.17) is 0 Å². The molecule has 0 fully saturated rings. The number of benzene rings is 1. The van der Waals surface area contributed by atoms with Crippen molar-refractivity contribution in [3.63, 3.8) is 0 Å². The summed E-state index contributed by atoms with van der Waals surface area (Å²) in [6, 6.07) is 7.65. The van der Waals surface area contributed by atoms with Crippen molar-refractivity contribution < 1.29 is 22.3 Å². The molecule has 5 rings (SSSR count). The largest absolute Gasteiger partial charge is 0.619 e. The van der Waals surface area contributed by atoms with Crippen LogP contribution in [0.1, 0.15) is 17.2 Å². The summed E-state index contributed by atoms with van der Waals surface area (Å²) in [5, 5.41) is 14.7. The van der Waals surface area contributed by atoms with Gasteiger partial charge in [0.2, 0.25) is 0 Å². The Balaban J connectivity index is 1.77. The second-order valence-electron chi connectivity index (χ2n) is 7.84. The Labute approximate surface area is 195 Å². The van der Waals surface area contributed by atoms with E-state index in [1.165, 1.54) is 49.6 Å². The van der Waals surface area contributed by atoms with Crippen LogP contribution < -0.4 is 10.0 Å². The highest BCUT2D eigenvalue weighted by molar-refractivity contribution is 5.87. The fraction of sp³-hybridized carbons (Fsp3) is 0.125. The predicted molar refractivity (Wildman–Crippen MR) is 121 cm³/mol. The average Bonchev–Trinajstić information content (AvgIpc) is 2.83. The summed E-state index contributed by atoms with van der Waals surface area (Å²) in [6.45, 7) is 1.49. The molecule has 0 saturated heterocycles. The van der Waals surface area contributed by atoms with Crippen molar-refractivity contribution in [3.8, 4) is 11.3 Å². The van der Waals surface area contributed by atoms with Crippen LogP contribution >= 0.6 is 0 Å². The number of nitrogens with zero attached hydrogens (tertiary/aromatic N) is 5. The predicted octanol–water partition coefficient (Wildman–Crippen LogP) is 5.04. The minimum atomic E-state index is -4.80. The topological polar surface area (TPSA) is 90.5 Å². The molecule has 35 heavy (non-hydrogen) atoms. The van der Waals surface area contributed by atoms with Crippen molar-refractivity contribution in [2.75, 3.05) is 5.32 Å². The molecule has 0 aliphatic carbocycles. The Morgan fingerprint density at radius 3 is 2.63 bits per heavy atom. The van der Waals surface area contributed by atoms with Gasteiger partial charge in [-0.15, -0.1) is 0 Å². The number of alkyl halides is 3. The highest BCUT2D eigenvalue weighted by Gasteiger charge is 2.43. The van der Waals surface area contributed by atoms with Gasteiger partial charge in [-0.3, -0.25) is 4.98 Å². The van der Waals surface area contributed by atoms with Gasteiger partial charge in [-0.05, 0) is 43.3 Å². The van der Waals surface area contributed by atoms with E-state index >= 15 is 0 Å². The van der Waals surface area contributed by atoms with E-state index in [1.807, 2.05) is 0 Å². The molecule has 1 atom stereocenters. The molecule has 1 aromatic carbocycles. The summed E-state index contributed by atoms with van der Waals surface area (Å²) in [5.74, 6) is -0.661. The van der Waals surface area contributed by atoms with Crippen molar-refractivity contribution in [1.82, 2.24) is 19.9 Å². The van der Waals surface area contributed by atoms with Crippen LogP contribution in [0.3, 0.4) is 0 Å². The van der Waals surface area contributed by atoms with Gasteiger partial charge in [0, 0.05) is 28.8 Å². The number of halogens is 4. The zero-order chi connectivity index (χ0) is 24.7. The summed E-state index contributed by atoms with van der Waals surface area (Å²) < 4.78 is 58.3. The Hall–Kier alpha value is -4.41. The first kappa shape index (κ1) is 22.4. The molecule has 11 heteroatoms. The highest BCUT2D eigenvalue weighted by Crippen LogP contribution is 2.41. The van der Waals surface area contributed by atoms with Crippen molar-refractivity contribution in [1.29, 1.82) is 0 Å². The molecule has 176 valence electrons. The third-order valence-corrected chi connectivity index (χ3v) is 5.57. The van der Waals surface area contributed by atoms with E-state index < -0.39 is 18.0 Å². The van der Waals surface area contributed by atoms with E-state index in [1.54, 1.807) is 12.1 Å². The molecule has 0 spiro atoms. The quantitative estimate of drug-likeness (QED) is 0.220. The average molecular weight is 480 g/mol. The van der Waals surface area contributed by atoms with Crippen LogP contribution in [0.4, 0.5) is 23.4 Å². The zero-order valence-electron chi connectivity index (χ0n) is 18.1. The highest BCUT2D eigenvalue weighted by atomic mass is 19.4. The van der Waals surface area contributed by atoms with Crippen LogP contribution in [0.5, 0.6) is 0 Å². The smallest absolute Gasteiger partial charge is 0.412 e. The summed E-state index contributed by atoms with van der Waals surface area (Å²) in [7, 11) is 0. The maximum Gasteiger partial charge on any atom is 0.412 e. The van der Waals surface area contributed by atoms with E-state index in [9.17, 15) is 22.8 Å². The molecular formula is C24H16F4N6O. The molecular weight excluding hydrogens is 464 g/mol. The van der Waals surface area contributed by atoms with Crippen LogP contribution in [0.25, 0.3) is 33.2 Å². The monoisotopic (exact) mass is 480 g/mol. The number of anilines is 1. The maximum atomic E-state index is 14.5. The number of nitrogens with one attached hydrogen (secondary N) is 1. The lowest BCUT2D eigenvalue weighted by Gasteiger charge is -2.25. The van der Waals surface area contributed by atoms with Gasteiger partial charge in [-0.1, -0.05) is 0 Å². The lowest BCUT2D eigenvalue weighted by molar-refractivity contribution is -0.604. The molecule has 0 amide bonds. The van der Waals surface area contributed by atoms with Crippen molar-refractivity contribution in [2.45, 2.75) is 19.1 Å². The van der Waals surface area contributed by atoms with Gasteiger partial charge in [-0.2, -0.15) is 17.9 Å². The molecule has 5 aromatic rings. The molecule has 4 aromatic heterocycles. The summed E-state index contributed by atoms with van der Waals surface area (Å²) in [5.41, 5.74) is 0.676. The standard InChI is InChI=1S/C24H16F4N6O/c1-13-17(25)7-6-14-10-16(20(32-19(13)14)15-4-3-9-34(35)11-15)22(24(26,27)28)33-23-21-18(30-12-31-23)5-2-8-29-21/h2-12,22H,1H3,(H,30,31,33)/t22-/m1/s1. The van der Waals surface area contributed by atoms with Crippen molar-refractivity contribution in [2.24, 2.45) is 0 Å². The Bertz CT molecular complexity index is 1570. The normalized spacial score (nSPS) is 12.7. The molecule has 1 N–H and O–H groups in total. The molecule has 7 nitrogen and oxygen atoms in total. The Kier molecular flexibility index (Phi) is 5.39. The van der Waals surface area contributed by atoms with Gasteiger partial charge in [0.25, 0.3) is 0 Å². The third kappa shape index (κ3) is 4.16. The van der Waals surface area contributed by atoms with Crippen LogP contribution in [0.15, 0.2) is 67.4 Å². The number of aromatic nitrogens is 5. The molecule has 4 heterocycles. The maximum absolute atomic E-state index is 14.5. The second-order valence-corrected chi connectivity index (χ2v) is 7.84. The van der Waals surface area contributed by atoms with E-state index in [2.05, 4.69) is 25.3 Å². The van der Waals surface area contributed by atoms with Crippen LogP contribution in [-0.4, -0.2) is 26.1 Å². The van der Waals surface area contributed by atoms with E-state index in [0.717, 1.165) is 12.5 Å². The van der Waals surface area contributed by atoms with Crippen LogP contribution in [0, 0.1) is 17.9 Å². The molecule has 0 radical (unpaired) electrons. The Morgan fingerprint density at radius 2 is 1.86 bits per heavy atom. The van der Waals surface area contributed by atoms with Crippen LogP contribution in [-0.2, 0) is 0 Å².